The summed E-state index contributed by atoms with van der Waals surface area (Å²) in [5.41, 5.74) is -0.195. The van der Waals surface area contributed by atoms with Gasteiger partial charge in [-0.1, -0.05) is 23.2 Å². The van der Waals surface area contributed by atoms with E-state index in [1.807, 2.05) is 0 Å². The Morgan fingerprint density at radius 2 is 1.81 bits per heavy atom. The number of carboxylic acids is 1. The summed E-state index contributed by atoms with van der Waals surface area (Å²) in [5, 5.41) is 8.68. The zero-order valence-corrected chi connectivity index (χ0v) is 14.7. The van der Waals surface area contributed by atoms with Gasteiger partial charge in [0.15, 0.2) is 0 Å². The van der Waals surface area contributed by atoms with Gasteiger partial charge in [0.05, 0.1) is 25.1 Å². The Hall–Kier alpha value is -0.800. The second-order valence-corrected chi connectivity index (χ2v) is 8.97. The van der Waals surface area contributed by atoms with E-state index in [0.29, 0.717) is 3.79 Å². The minimum atomic E-state index is -3.85. The molecule has 0 aliphatic heterocycles. The Morgan fingerprint density at radius 3 is 2.24 bits per heavy atom. The van der Waals surface area contributed by atoms with E-state index in [9.17, 15) is 13.2 Å². The van der Waals surface area contributed by atoms with Crippen molar-refractivity contribution >= 4 is 72.1 Å². The van der Waals surface area contributed by atoms with Gasteiger partial charge in [-0.05, 0) is 40.2 Å². The molecule has 0 amide bonds. The van der Waals surface area contributed by atoms with Crippen LogP contribution in [0.1, 0.15) is 10.4 Å². The van der Waals surface area contributed by atoms with Crippen LogP contribution in [0, 0.1) is 0 Å². The van der Waals surface area contributed by atoms with Gasteiger partial charge in [-0.15, -0.1) is 11.3 Å². The number of benzene rings is 1. The summed E-state index contributed by atoms with van der Waals surface area (Å²) in [5.74, 6) is -1.21. The number of thiophene rings is 1. The molecule has 5 nitrogen and oxygen atoms in total. The molecule has 0 radical (unpaired) electrons. The predicted octanol–water partition coefficient (Wildman–Crippen LogP) is 4.32. The van der Waals surface area contributed by atoms with Crippen LogP contribution in [0.15, 0.2) is 32.3 Å². The van der Waals surface area contributed by atoms with Crippen molar-refractivity contribution in [2.24, 2.45) is 0 Å². The monoisotopic (exact) mass is 429 g/mol. The quantitative estimate of drug-likeness (QED) is 0.756. The van der Waals surface area contributed by atoms with Gasteiger partial charge in [-0.3, -0.25) is 4.72 Å². The van der Waals surface area contributed by atoms with Crippen LogP contribution in [0.25, 0.3) is 0 Å². The van der Waals surface area contributed by atoms with Crippen molar-refractivity contribution in [1.29, 1.82) is 0 Å². The second kappa shape index (κ2) is 6.13. The normalized spacial score (nSPS) is 11.4. The molecule has 10 heteroatoms. The molecule has 2 N–H and O–H groups in total. The fraction of sp³-hybridized carbons (Fsp3) is 0. The Labute approximate surface area is 142 Å². The van der Waals surface area contributed by atoms with Crippen molar-refractivity contribution in [2.75, 3.05) is 4.72 Å². The molecule has 1 aromatic heterocycles. The zero-order valence-electron chi connectivity index (χ0n) is 9.93. The SMILES string of the molecule is O=C(O)c1cc(Cl)c(NS(=O)(=O)c2ccc(Br)s2)c(Cl)c1. The van der Waals surface area contributed by atoms with Crippen molar-refractivity contribution in [1.82, 2.24) is 0 Å². The lowest BCUT2D eigenvalue weighted by atomic mass is 10.2. The summed E-state index contributed by atoms with van der Waals surface area (Å²) < 4.78 is 27.3. The van der Waals surface area contributed by atoms with Gasteiger partial charge in [0.25, 0.3) is 10.0 Å². The van der Waals surface area contributed by atoms with E-state index in [-0.39, 0.29) is 25.5 Å². The summed E-state index contributed by atoms with van der Waals surface area (Å²) in [6, 6.07) is 5.26. The number of halogens is 3. The third-order valence-electron chi connectivity index (χ3n) is 2.34. The summed E-state index contributed by atoms with van der Waals surface area (Å²) >= 11 is 16.0. The van der Waals surface area contributed by atoms with Crippen molar-refractivity contribution in [2.45, 2.75) is 4.21 Å². The highest BCUT2D eigenvalue weighted by Crippen LogP contribution is 2.35. The predicted molar refractivity (Wildman–Crippen MR) is 86.2 cm³/mol. The van der Waals surface area contributed by atoms with Crippen molar-refractivity contribution in [3.8, 4) is 0 Å². The molecular formula is C11H6BrCl2NO4S2. The van der Waals surface area contributed by atoms with E-state index in [4.69, 9.17) is 28.3 Å². The first-order valence-corrected chi connectivity index (χ1v) is 9.06. The van der Waals surface area contributed by atoms with Crippen LogP contribution in [-0.4, -0.2) is 19.5 Å². The zero-order chi connectivity index (χ0) is 15.8. The summed E-state index contributed by atoms with van der Waals surface area (Å²) in [6.07, 6.45) is 0. The van der Waals surface area contributed by atoms with Gasteiger partial charge in [0.2, 0.25) is 0 Å². The van der Waals surface area contributed by atoms with Crippen molar-refractivity contribution in [3.05, 3.63) is 43.7 Å². The van der Waals surface area contributed by atoms with Gasteiger partial charge >= 0.3 is 5.97 Å². The van der Waals surface area contributed by atoms with E-state index in [1.54, 1.807) is 6.07 Å². The number of hydrogen-bond donors (Lipinski definition) is 2. The van der Waals surface area contributed by atoms with E-state index in [1.165, 1.54) is 6.07 Å². The number of carboxylic acid groups (broad SMARTS) is 1. The van der Waals surface area contributed by atoms with Crippen LogP contribution < -0.4 is 4.72 Å². The molecule has 0 saturated heterocycles. The second-order valence-electron chi connectivity index (χ2n) is 3.78. The average Bonchev–Trinajstić information content (AvgIpc) is 2.81. The lowest BCUT2D eigenvalue weighted by molar-refractivity contribution is 0.0697. The Kier molecular flexibility index (Phi) is 4.84. The Morgan fingerprint density at radius 1 is 1.24 bits per heavy atom. The minimum absolute atomic E-state index is 0.0622. The molecule has 0 saturated carbocycles. The van der Waals surface area contributed by atoms with Crippen LogP contribution in [0.5, 0.6) is 0 Å². The van der Waals surface area contributed by atoms with E-state index in [2.05, 4.69) is 20.7 Å². The lowest BCUT2D eigenvalue weighted by Crippen LogP contribution is -2.12. The van der Waals surface area contributed by atoms with Gasteiger partial charge in [-0.2, -0.15) is 0 Å². The summed E-state index contributed by atoms with van der Waals surface area (Å²) in [6.45, 7) is 0. The third-order valence-corrected chi connectivity index (χ3v) is 6.40. The van der Waals surface area contributed by atoms with Crippen LogP contribution in [0.2, 0.25) is 10.0 Å². The van der Waals surface area contributed by atoms with Crippen molar-refractivity contribution < 1.29 is 18.3 Å². The molecule has 0 aliphatic rings. The molecule has 0 spiro atoms. The number of hydrogen-bond acceptors (Lipinski definition) is 4. The molecule has 0 unspecified atom stereocenters. The Bertz CT molecular complexity index is 796. The largest absolute Gasteiger partial charge is 0.478 e. The van der Waals surface area contributed by atoms with Gasteiger partial charge in [-0.25, -0.2) is 13.2 Å². The summed E-state index contributed by atoms with van der Waals surface area (Å²) in [4.78, 5) is 10.9. The average molecular weight is 431 g/mol. The number of carbonyl (C=O) groups is 1. The molecular weight excluding hydrogens is 425 g/mol. The fourth-order valence-electron chi connectivity index (χ4n) is 1.42. The lowest BCUT2D eigenvalue weighted by Gasteiger charge is -2.11. The van der Waals surface area contributed by atoms with Crippen LogP contribution in [0.4, 0.5) is 5.69 Å². The van der Waals surface area contributed by atoms with E-state index >= 15 is 0 Å². The first-order chi connectivity index (χ1) is 9.70. The smallest absolute Gasteiger partial charge is 0.335 e. The maximum atomic E-state index is 12.2. The van der Waals surface area contributed by atoms with Gasteiger partial charge in [0.1, 0.15) is 4.21 Å². The topological polar surface area (TPSA) is 83.5 Å². The number of rotatable bonds is 4. The minimum Gasteiger partial charge on any atom is -0.478 e. The van der Waals surface area contributed by atoms with Gasteiger partial charge < -0.3 is 5.11 Å². The molecule has 21 heavy (non-hydrogen) atoms. The summed E-state index contributed by atoms with van der Waals surface area (Å²) in [7, 11) is -3.85. The maximum Gasteiger partial charge on any atom is 0.335 e. The van der Waals surface area contributed by atoms with Crippen LogP contribution in [0.3, 0.4) is 0 Å². The maximum absolute atomic E-state index is 12.2. The molecule has 0 atom stereocenters. The van der Waals surface area contributed by atoms with Crippen LogP contribution in [-0.2, 0) is 10.0 Å². The highest BCUT2D eigenvalue weighted by Gasteiger charge is 2.21. The Balaban J connectivity index is 2.42. The highest BCUT2D eigenvalue weighted by atomic mass is 79.9. The molecule has 0 fully saturated rings. The molecule has 1 aromatic carbocycles. The van der Waals surface area contributed by atoms with Crippen LogP contribution >= 0.6 is 50.5 Å². The van der Waals surface area contributed by atoms with E-state index in [0.717, 1.165) is 23.5 Å². The molecule has 2 aromatic rings. The first kappa shape index (κ1) is 16.6. The fourth-order valence-corrected chi connectivity index (χ4v) is 5.23. The molecule has 2 rings (SSSR count). The number of anilines is 1. The molecule has 0 bridgehead atoms. The molecule has 112 valence electrons. The number of nitrogens with one attached hydrogen (secondary N) is 1. The number of aromatic carboxylic acids is 1. The standard InChI is InChI=1S/C11H6BrCl2NO4S2/c12-8-1-2-9(20-8)21(18,19)15-10-6(13)3-5(11(16)17)4-7(10)14/h1-4,15H,(H,16,17). The highest BCUT2D eigenvalue weighted by molar-refractivity contribution is 9.11. The third kappa shape index (κ3) is 3.70. The van der Waals surface area contributed by atoms with Gasteiger partial charge in [0, 0.05) is 0 Å². The van der Waals surface area contributed by atoms with E-state index < -0.39 is 16.0 Å². The first-order valence-electron chi connectivity index (χ1n) is 5.21. The van der Waals surface area contributed by atoms with Crippen molar-refractivity contribution in [3.63, 3.8) is 0 Å². The molecule has 0 aliphatic carbocycles. The number of sulfonamides is 1. The molecule has 1 heterocycles.